The van der Waals surface area contributed by atoms with Crippen LogP contribution in [0.25, 0.3) is 0 Å². The molecular formula is C12H16N2O3S. The molecule has 2 amide bonds. The number of carbonyl (C=O) groups excluding carboxylic acids is 1. The van der Waals surface area contributed by atoms with Crippen molar-refractivity contribution in [1.29, 1.82) is 0 Å². The summed E-state index contributed by atoms with van der Waals surface area (Å²) >= 11 is 1.64. The van der Waals surface area contributed by atoms with Crippen molar-refractivity contribution in [2.45, 2.75) is 17.9 Å². The molecule has 1 aromatic carbocycles. The molecule has 0 saturated carbocycles. The molecule has 0 aliphatic carbocycles. The van der Waals surface area contributed by atoms with E-state index < -0.39 is 12.1 Å². The summed E-state index contributed by atoms with van der Waals surface area (Å²) in [6.45, 7) is 2.01. The van der Waals surface area contributed by atoms with Gasteiger partial charge in [-0.2, -0.15) is 0 Å². The maximum Gasteiger partial charge on any atom is 0.405 e. The molecule has 0 heterocycles. The van der Waals surface area contributed by atoms with Crippen LogP contribution >= 0.6 is 11.8 Å². The average molecular weight is 268 g/mol. The third-order valence-electron chi connectivity index (χ3n) is 2.15. The van der Waals surface area contributed by atoms with Crippen LogP contribution in [0.15, 0.2) is 35.2 Å². The van der Waals surface area contributed by atoms with Crippen LogP contribution in [-0.4, -0.2) is 35.4 Å². The minimum absolute atomic E-state index is 0.314. The second-order valence-corrected chi connectivity index (χ2v) is 4.79. The van der Waals surface area contributed by atoms with Gasteiger partial charge in [0.25, 0.3) is 0 Å². The molecule has 0 aromatic heterocycles. The molecule has 6 heteroatoms. The van der Waals surface area contributed by atoms with Gasteiger partial charge in [0.2, 0.25) is 5.91 Å². The summed E-state index contributed by atoms with van der Waals surface area (Å²) in [5, 5.41) is 13.2. The fourth-order valence-electron chi connectivity index (χ4n) is 1.26. The fourth-order valence-corrected chi connectivity index (χ4v) is 2.05. The van der Waals surface area contributed by atoms with Gasteiger partial charge in [-0.25, -0.2) is 4.79 Å². The number of amides is 2. The van der Waals surface area contributed by atoms with Gasteiger partial charge in [-0.05, 0) is 19.1 Å². The van der Waals surface area contributed by atoms with Crippen LogP contribution < -0.4 is 10.6 Å². The smallest absolute Gasteiger partial charge is 0.405 e. The molecule has 0 saturated heterocycles. The van der Waals surface area contributed by atoms with Gasteiger partial charge in [0.15, 0.2) is 0 Å². The number of benzene rings is 1. The Bertz CT molecular complexity index is 398. The summed E-state index contributed by atoms with van der Waals surface area (Å²) in [5.41, 5.74) is 0. The van der Waals surface area contributed by atoms with E-state index in [4.69, 9.17) is 5.11 Å². The highest BCUT2D eigenvalue weighted by atomic mass is 32.2. The highest BCUT2D eigenvalue weighted by Gasteiger charge is 2.13. The highest BCUT2D eigenvalue weighted by molar-refractivity contribution is 7.99. The Morgan fingerprint density at radius 3 is 2.61 bits per heavy atom. The molecule has 0 fully saturated rings. The molecule has 0 radical (unpaired) electrons. The maximum absolute atomic E-state index is 11.4. The van der Waals surface area contributed by atoms with Gasteiger partial charge in [-0.1, -0.05) is 18.2 Å². The van der Waals surface area contributed by atoms with Crippen LogP contribution in [-0.2, 0) is 4.79 Å². The predicted octanol–water partition coefficient (Wildman–Crippen LogP) is 1.55. The Hall–Kier alpha value is -1.69. The minimum atomic E-state index is -1.20. The predicted molar refractivity (Wildman–Crippen MR) is 70.8 cm³/mol. The van der Waals surface area contributed by atoms with E-state index in [0.717, 1.165) is 10.6 Å². The summed E-state index contributed by atoms with van der Waals surface area (Å²) in [7, 11) is 0. The first-order valence-electron chi connectivity index (χ1n) is 5.54. The van der Waals surface area contributed by atoms with Crippen LogP contribution in [0.1, 0.15) is 6.92 Å². The number of thioether (sulfide) groups is 1. The molecule has 0 aliphatic heterocycles. The molecule has 1 rings (SSSR count). The highest BCUT2D eigenvalue weighted by Crippen LogP contribution is 2.15. The van der Waals surface area contributed by atoms with Gasteiger partial charge in [-0.3, -0.25) is 4.79 Å². The number of hydrogen-bond acceptors (Lipinski definition) is 3. The first-order valence-corrected chi connectivity index (χ1v) is 6.53. The van der Waals surface area contributed by atoms with Crippen molar-refractivity contribution in [3.63, 3.8) is 0 Å². The van der Waals surface area contributed by atoms with E-state index in [2.05, 4.69) is 10.6 Å². The topological polar surface area (TPSA) is 78.4 Å². The van der Waals surface area contributed by atoms with Gasteiger partial charge < -0.3 is 15.7 Å². The van der Waals surface area contributed by atoms with E-state index in [-0.39, 0.29) is 5.91 Å². The first-order chi connectivity index (χ1) is 8.59. The van der Waals surface area contributed by atoms with E-state index in [1.807, 2.05) is 30.3 Å². The summed E-state index contributed by atoms with van der Waals surface area (Å²) in [6, 6.07) is 9.14. The zero-order valence-corrected chi connectivity index (χ0v) is 10.9. The molecule has 98 valence electrons. The monoisotopic (exact) mass is 268 g/mol. The van der Waals surface area contributed by atoms with Crippen LogP contribution in [0.2, 0.25) is 0 Å². The lowest BCUT2D eigenvalue weighted by Crippen LogP contribution is -2.44. The minimum Gasteiger partial charge on any atom is -0.465 e. The standard InChI is InChI=1S/C12H16N2O3S/c1-9(14-12(16)17)11(15)13-7-8-18-10-5-3-2-4-6-10/h2-6,9,14H,7-8H2,1H3,(H,13,15)(H,16,17). The van der Waals surface area contributed by atoms with E-state index in [0.29, 0.717) is 6.54 Å². The lowest BCUT2D eigenvalue weighted by Gasteiger charge is -2.11. The van der Waals surface area contributed by atoms with Crippen molar-refractivity contribution in [1.82, 2.24) is 10.6 Å². The zero-order chi connectivity index (χ0) is 13.4. The molecule has 0 spiro atoms. The largest absolute Gasteiger partial charge is 0.465 e. The Labute approximate surface area is 110 Å². The third-order valence-corrected chi connectivity index (χ3v) is 3.16. The quantitative estimate of drug-likeness (QED) is 0.540. The second kappa shape index (κ2) is 7.60. The van der Waals surface area contributed by atoms with E-state index in [1.54, 1.807) is 11.8 Å². The van der Waals surface area contributed by atoms with E-state index in [9.17, 15) is 9.59 Å². The number of carboxylic acid groups (broad SMARTS) is 1. The van der Waals surface area contributed by atoms with Crippen LogP contribution in [0.3, 0.4) is 0 Å². The lowest BCUT2D eigenvalue weighted by molar-refractivity contribution is -0.122. The number of rotatable bonds is 6. The normalized spacial score (nSPS) is 11.6. The van der Waals surface area contributed by atoms with Crippen LogP contribution in [0.4, 0.5) is 4.79 Å². The van der Waals surface area contributed by atoms with Crippen molar-refractivity contribution in [3.8, 4) is 0 Å². The van der Waals surface area contributed by atoms with Gasteiger partial charge in [0.1, 0.15) is 6.04 Å². The Kier molecular flexibility index (Phi) is 6.07. The van der Waals surface area contributed by atoms with Crippen molar-refractivity contribution in [2.24, 2.45) is 0 Å². The van der Waals surface area contributed by atoms with Crippen molar-refractivity contribution in [3.05, 3.63) is 30.3 Å². The summed E-state index contributed by atoms with van der Waals surface area (Å²) < 4.78 is 0. The molecule has 1 aromatic rings. The van der Waals surface area contributed by atoms with Crippen molar-refractivity contribution < 1.29 is 14.7 Å². The van der Waals surface area contributed by atoms with Crippen LogP contribution in [0.5, 0.6) is 0 Å². The Morgan fingerprint density at radius 2 is 2.00 bits per heavy atom. The molecule has 0 bridgehead atoms. The summed E-state index contributed by atoms with van der Waals surface area (Å²) in [4.78, 5) is 22.9. The Morgan fingerprint density at radius 1 is 1.33 bits per heavy atom. The number of hydrogen-bond donors (Lipinski definition) is 3. The molecular weight excluding hydrogens is 252 g/mol. The summed E-state index contributed by atoms with van der Waals surface area (Å²) in [6.07, 6.45) is -1.20. The second-order valence-electron chi connectivity index (χ2n) is 3.62. The molecule has 1 atom stereocenters. The van der Waals surface area contributed by atoms with Crippen molar-refractivity contribution in [2.75, 3.05) is 12.3 Å². The zero-order valence-electron chi connectivity index (χ0n) is 10.1. The van der Waals surface area contributed by atoms with Gasteiger partial charge in [0, 0.05) is 17.2 Å². The van der Waals surface area contributed by atoms with Crippen LogP contribution in [0, 0.1) is 0 Å². The van der Waals surface area contributed by atoms with E-state index >= 15 is 0 Å². The number of nitrogens with one attached hydrogen (secondary N) is 2. The van der Waals surface area contributed by atoms with Gasteiger partial charge in [-0.15, -0.1) is 11.8 Å². The molecule has 1 unspecified atom stereocenters. The fraction of sp³-hybridized carbons (Fsp3) is 0.333. The molecule has 0 aliphatic rings. The lowest BCUT2D eigenvalue weighted by atomic mass is 10.3. The molecule has 18 heavy (non-hydrogen) atoms. The maximum atomic E-state index is 11.4. The summed E-state index contributed by atoms with van der Waals surface area (Å²) in [5.74, 6) is 0.432. The van der Waals surface area contributed by atoms with Crippen molar-refractivity contribution >= 4 is 23.8 Å². The first kappa shape index (κ1) is 14.4. The third kappa shape index (κ3) is 5.58. The van der Waals surface area contributed by atoms with Gasteiger partial charge in [0.05, 0.1) is 0 Å². The molecule has 5 nitrogen and oxygen atoms in total. The Balaban J connectivity index is 2.18. The average Bonchev–Trinajstić information content (AvgIpc) is 2.34. The van der Waals surface area contributed by atoms with Gasteiger partial charge >= 0.3 is 6.09 Å². The van der Waals surface area contributed by atoms with E-state index in [1.165, 1.54) is 6.92 Å². The SMILES string of the molecule is CC(NC(=O)O)C(=O)NCCSc1ccccc1. The molecule has 3 N–H and O–H groups in total. The number of carbonyl (C=O) groups is 2.